The van der Waals surface area contributed by atoms with Crippen molar-refractivity contribution in [1.29, 1.82) is 0 Å². The van der Waals surface area contributed by atoms with Crippen molar-refractivity contribution in [3.63, 3.8) is 0 Å². The number of aryl methyl sites for hydroxylation is 1. The number of para-hydroxylation sites is 1. The van der Waals surface area contributed by atoms with Gasteiger partial charge in [0.05, 0.1) is 18.4 Å². The van der Waals surface area contributed by atoms with Crippen molar-refractivity contribution in [1.82, 2.24) is 19.6 Å². The van der Waals surface area contributed by atoms with Gasteiger partial charge in [0.25, 0.3) is 5.56 Å². The van der Waals surface area contributed by atoms with Gasteiger partial charge in [-0.2, -0.15) is 10.2 Å². The molecule has 0 amide bonds. The second kappa shape index (κ2) is 7.66. The standard InChI is InChI=1S/C21H20N4O3/c1-15-7-9-19(10-8-15)28-14-18(26)13-25-21(27)20-16(11-22-25)12-24(23-20)17-5-3-2-4-6-17/h2-12,18,26H,13-14H2,1H3. The van der Waals surface area contributed by atoms with E-state index in [0.717, 1.165) is 11.3 Å². The number of aromatic nitrogens is 4. The van der Waals surface area contributed by atoms with Crippen molar-refractivity contribution in [2.75, 3.05) is 6.61 Å². The van der Waals surface area contributed by atoms with Gasteiger partial charge < -0.3 is 9.84 Å². The van der Waals surface area contributed by atoms with Gasteiger partial charge in [0, 0.05) is 11.6 Å². The Morgan fingerprint density at radius 3 is 2.61 bits per heavy atom. The first-order valence-corrected chi connectivity index (χ1v) is 8.98. The Bertz CT molecular complexity index is 1130. The van der Waals surface area contributed by atoms with Crippen LogP contribution >= 0.6 is 0 Å². The zero-order valence-electron chi connectivity index (χ0n) is 15.4. The highest BCUT2D eigenvalue weighted by Gasteiger charge is 2.13. The lowest BCUT2D eigenvalue weighted by atomic mass is 10.2. The van der Waals surface area contributed by atoms with Crippen LogP contribution < -0.4 is 10.3 Å². The van der Waals surface area contributed by atoms with Crippen molar-refractivity contribution in [3.05, 3.63) is 82.9 Å². The molecule has 0 aliphatic heterocycles. The smallest absolute Gasteiger partial charge is 0.295 e. The average molecular weight is 376 g/mol. The summed E-state index contributed by atoms with van der Waals surface area (Å²) in [5.41, 5.74) is 1.95. The molecule has 1 atom stereocenters. The molecule has 2 aromatic carbocycles. The van der Waals surface area contributed by atoms with E-state index in [4.69, 9.17) is 4.74 Å². The molecular formula is C21H20N4O3. The number of ether oxygens (including phenoxy) is 1. The van der Waals surface area contributed by atoms with Crippen LogP contribution in [0.1, 0.15) is 5.56 Å². The van der Waals surface area contributed by atoms with E-state index >= 15 is 0 Å². The molecule has 0 saturated heterocycles. The van der Waals surface area contributed by atoms with Crippen LogP contribution in [0.25, 0.3) is 16.6 Å². The van der Waals surface area contributed by atoms with Gasteiger partial charge in [-0.3, -0.25) is 4.79 Å². The average Bonchev–Trinajstić information content (AvgIpc) is 3.16. The lowest BCUT2D eigenvalue weighted by Gasteiger charge is -2.13. The fourth-order valence-electron chi connectivity index (χ4n) is 2.88. The summed E-state index contributed by atoms with van der Waals surface area (Å²) in [5.74, 6) is 0.669. The van der Waals surface area contributed by atoms with Crippen LogP contribution in [0, 0.1) is 6.92 Å². The first-order chi connectivity index (χ1) is 13.6. The predicted octanol–water partition coefficient (Wildman–Crippen LogP) is 2.33. The Kier molecular flexibility index (Phi) is 4.90. The summed E-state index contributed by atoms with van der Waals surface area (Å²) in [6.07, 6.45) is 2.47. The SMILES string of the molecule is Cc1ccc(OCC(O)Cn2ncc3cn(-c4ccccc4)nc3c2=O)cc1. The number of hydrogen-bond donors (Lipinski definition) is 1. The number of aliphatic hydroxyl groups excluding tert-OH is 1. The molecule has 7 heteroatoms. The summed E-state index contributed by atoms with van der Waals surface area (Å²) in [4.78, 5) is 12.7. The van der Waals surface area contributed by atoms with Crippen LogP contribution in [0.5, 0.6) is 5.75 Å². The Morgan fingerprint density at radius 2 is 1.86 bits per heavy atom. The minimum Gasteiger partial charge on any atom is -0.491 e. The quantitative estimate of drug-likeness (QED) is 0.559. The molecule has 0 saturated carbocycles. The number of hydrogen-bond acceptors (Lipinski definition) is 5. The molecule has 2 heterocycles. The van der Waals surface area contributed by atoms with Crippen LogP contribution in [-0.4, -0.2) is 37.4 Å². The molecular weight excluding hydrogens is 356 g/mol. The highest BCUT2D eigenvalue weighted by atomic mass is 16.5. The molecule has 2 aromatic heterocycles. The fraction of sp³-hybridized carbons (Fsp3) is 0.190. The number of benzene rings is 2. The summed E-state index contributed by atoms with van der Waals surface area (Å²) in [5, 5.41) is 19.4. The maximum absolute atomic E-state index is 12.7. The zero-order chi connectivity index (χ0) is 19.5. The van der Waals surface area contributed by atoms with Gasteiger partial charge >= 0.3 is 0 Å². The van der Waals surface area contributed by atoms with Crippen LogP contribution in [0.4, 0.5) is 0 Å². The van der Waals surface area contributed by atoms with Crippen molar-refractivity contribution < 1.29 is 9.84 Å². The zero-order valence-corrected chi connectivity index (χ0v) is 15.4. The molecule has 0 bridgehead atoms. The minimum atomic E-state index is -0.875. The Hall–Kier alpha value is -3.45. The number of fused-ring (bicyclic) bond motifs is 1. The van der Waals surface area contributed by atoms with E-state index < -0.39 is 6.10 Å². The van der Waals surface area contributed by atoms with Crippen LogP contribution in [0.15, 0.2) is 71.8 Å². The molecule has 7 nitrogen and oxygen atoms in total. The molecule has 4 rings (SSSR count). The van der Waals surface area contributed by atoms with E-state index in [-0.39, 0.29) is 18.7 Å². The van der Waals surface area contributed by atoms with Gasteiger partial charge in [0.1, 0.15) is 18.5 Å². The summed E-state index contributed by atoms with van der Waals surface area (Å²) in [7, 11) is 0. The van der Waals surface area contributed by atoms with E-state index in [2.05, 4.69) is 10.2 Å². The third kappa shape index (κ3) is 3.79. The lowest BCUT2D eigenvalue weighted by molar-refractivity contribution is 0.0881. The highest BCUT2D eigenvalue weighted by molar-refractivity contribution is 5.76. The first-order valence-electron chi connectivity index (χ1n) is 8.98. The van der Waals surface area contributed by atoms with E-state index in [0.29, 0.717) is 16.7 Å². The van der Waals surface area contributed by atoms with Crippen LogP contribution in [-0.2, 0) is 6.54 Å². The topological polar surface area (TPSA) is 82.2 Å². The molecule has 4 aromatic rings. The summed E-state index contributed by atoms with van der Waals surface area (Å²) >= 11 is 0. The molecule has 0 aliphatic carbocycles. The van der Waals surface area contributed by atoms with Gasteiger partial charge in [0.15, 0.2) is 5.52 Å². The third-order valence-corrected chi connectivity index (χ3v) is 4.38. The van der Waals surface area contributed by atoms with Crippen molar-refractivity contribution in [3.8, 4) is 11.4 Å². The predicted molar refractivity (Wildman–Crippen MR) is 106 cm³/mol. The van der Waals surface area contributed by atoms with Gasteiger partial charge in [0.2, 0.25) is 0 Å². The highest BCUT2D eigenvalue weighted by Crippen LogP contribution is 2.13. The van der Waals surface area contributed by atoms with E-state index in [1.807, 2.05) is 61.5 Å². The van der Waals surface area contributed by atoms with Gasteiger partial charge in [-0.1, -0.05) is 35.9 Å². The number of aliphatic hydroxyl groups is 1. The lowest BCUT2D eigenvalue weighted by Crippen LogP contribution is -2.31. The van der Waals surface area contributed by atoms with E-state index in [1.165, 1.54) is 4.68 Å². The Morgan fingerprint density at radius 1 is 1.11 bits per heavy atom. The fourth-order valence-corrected chi connectivity index (χ4v) is 2.88. The van der Waals surface area contributed by atoms with Crippen molar-refractivity contribution in [2.24, 2.45) is 0 Å². The molecule has 1 unspecified atom stereocenters. The van der Waals surface area contributed by atoms with Crippen molar-refractivity contribution in [2.45, 2.75) is 19.6 Å². The molecule has 142 valence electrons. The molecule has 28 heavy (non-hydrogen) atoms. The molecule has 0 spiro atoms. The van der Waals surface area contributed by atoms with Gasteiger partial charge in [-0.05, 0) is 31.2 Å². The Balaban J connectivity index is 1.50. The Labute approximate surface area is 161 Å². The minimum absolute atomic E-state index is 0.0266. The maximum atomic E-state index is 12.7. The van der Waals surface area contributed by atoms with E-state index in [9.17, 15) is 9.90 Å². The van der Waals surface area contributed by atoms with Crippen LogP contribution in [0.2, 0.25) is 0 Å². The largest absolute Gasteiger partial charge is 0.491 e. The third-order valence-electron chi connectivity index (χ3n) is 4.38. The molecule has 0 radical (unpaired) electrons. The number of rotatable bonds is 6. The second-order valence-corrected chi connectivity index (χ2v) is 6.62. The van der Waals surface area contributed by atoms with Crippen LogP contribution in [0.3, 0.4) is 0 Å². The normalized spacial score (nSPS) is 12.2. The van der Waals surface area contributed by atoms with E-state index in [1.54, 1.807) is 17.1 Å². The van der Waals surface area contributed by atoms with Gasteiger partial charge in [-0.15, -0.1) is 0 Å². The summed E-state index contributed by atoms with van der Waals surface area (Å²) in [6.45, 7) is 2.08. The molecule has 1 N–H and O–H groups in total. The second-order valence-electron chi connectivity index (χ2n) is 6.62. The first kappa shape index (κ1) is 17.9. The molecule has 0 fully saturated rings. The summed E-state index contributed by atoms with van der Waals surface area (Å²) in [6, 6.07) is 17.1. The van der Waals surface area contributed by atoms with Gasteiger partial charge in [-0.25, -0.2) is 9.36 Å². The number of nitrogens with zero attached hydrogens (tertiary/aromatic N) is 4. The maximum Gasteiger partial charge on any atom is 0.295 e. The monoisotopic (exact) mass is 376 g/mol. The van der Waals surface area contributed by atoms with Crippen molar-refractivity contribution >= 4 is 10.9 Å². The molecule has 0 aliphatic rings. The summed E-state index contributed by atoms with van der Waals surface area (Å²) < 4.78 is 8.44.